The Bertz CT molecular complexity index is 906. The largest absolute Gasteiger partial charge is 0.351 e. The van der Waals surface area contributed by atoms with Crippen LogP contribution in [-0.2, 0) is 4.79 Å². The lowest BCUT2D eigenvalue weighted by atomic mass is 9.97. The molecule has 7 nitrogen and oxygen atoms in total. The third kappa shape index (κ3) is 3.41. The van der Waals surface area contributed by atoms with E-state index in [-0.39, 0.29) is 17.9 Å². The second-order valence-electron chi connectivity index (χ2n) is 7.44. The molecule has 27 heavy (non-hydrogen) atoms. The molecule has 1 aromatic carbocycles. The summed E-state index contributed by atoms with van der Waals surface area (Å²) < 4.78 is 0. The van der Waals surface area contributed by atoms with Crippen molar-refractivity contribution in [3.8, 4) is 0 Å². The minimum Gasteiger partial charge on any atom is -0.351 e. The Kier molecular flexibility index (Phi) is 4.59. The number of aromatic nitrogens is 4. The van der Waals surface area contributed by atoms with Crippen molar-refractivity contribution in [1.82, 2.24) is 25.5 Å². The molecule has 1 amide bonds. The number of hydrogen-bond acceptors (Lipinski definition) is 4. The molecule has 3 aromatic rings. The topological polar surface area (TPSA) is 89.7 Å². The van der Waals surface area contributed by atoms with Gasteiger partial charge in [-0.25, -0.2) is 4.98 Å². The number of nitrogens with one attached hydrogen (secondary N) is 3. The van der Waals surface area contributed by atoms with E-state index >= 15 is 0 Å². The number of carbonyl (C=O) groups excluding carboxylic acids is 1. The van der Waals surface area contributed by atoms with Crippen LogP contribution in [0.25, 0.3) is 11.0 Å². The molecule has 0 spiro atoms. The molecular weight excluding hydrogens is 340 g/mol. The zero-order chi connectivity index (χ0) is 19.0. The third-order valence-electron chi connectivity index (χ3n) is 5.46. The third-order valence-corrected chi connectivity index (χ3v) is 5.46. The number of piperidine rings is 1. The number of rotatable bonds is 4. The second-order valence-corrected chi connectivity index (χ2v) is 7.44. The summed E-state index contributed by atoms with van der Waals surface area (Å²) in [6, 6.07) is 8.16. The van der Waals surface area contributed by atoms with Crippen LogP contribution in [0, 0.1) is 13.8 Å². The fourth-order valence-corrected chi connectivity index (χ4v) is 4.03. The highest BCUT2D eigenvalue weighted by atomic mass is 16.1. The number of aryl methyl sites for hydroxylation is 2. The van der Waals surface area contributed by atoms with Gasteiger partial charge in [0.15, 0.2) is 0 Å². The number of carbonyl (C=O) groups is 1. The molecule has 0 saturated carbocycles. The van der Waals surface area contributed by atoms with Gasteiger partial charge < -0.3 is 15.2 Å². The van der Waals surface area contributed by atoms with Gasteiger partial charge in [-0.3, -0.25) is 9.89 Å². The average Bonchev–Trinajstić information content (AvgIpc) is 3.24. The molecule has 3 heterocycles. The van der Waals surface area contributed by atoms with Crippen molar-refractivity contribution in [2.45, 2.75) is 45.6 Å². The van der Waals surface area contributed by atoms with Crippen LogP contribution >= 0.6 is 0 Å². The Balaban J connectivity index is 1.44. The summed E-state index contributed by atoms with van der Waals surface area (Å²) in [5, 5.41) is 10.4. The minimum absolute atomic E-state index is 0.0547. The summed E-state index contributed by atoms with van der Waals surface area (Å²) in [4.78, 5) is 23.1. The highest BCUT2D eigenvalue weighted by Crippen LogP contribution is 2.24. The average molecular weight is 366 g/mol. The van der Waals surface area contributed by atoms with Crippen molar-refractivity contribution in [1.29, 1.82) is 0 Å². The Hall–Kier alpha value is -2.83. The molecule has 2 atom stereocenters. The fourth-order valence-electron chi connectivity index (χ4n) is 4.03. The Morgan fingerprint density at radius 1 is 1.33 bits per heavy atom. The molecular formula is C20H26N6O. The van der Waals surface area contributed by atoms with E-state index in [1.165, 1.54) is 0 Å². The first kappa shape index (κ1) is 17.6. The zero-order valence-corrected chi connectivity index (χ0v) is 16.0. The molecule has 1 aliphatic heterocycles. The van der Waals surface area contributed by atoms with Crippen LogP contribution in [0.4, 0.5) is 5.95 Å². The van der Waals surface area contributed by atoms with E-state index in [1.807, 2.05) is 45.0 Å². The maximum atomic E-state index is 12.8. The van der Waals surface area contributed by atoms with Crippen molar-refractivity contribution in [2.24, 2.45) is 0 Å². The molecule has 0 radical (unpaired) electrons. The van der Waals surface area contributed by atoms with Gasteiger partial charge in [0.25, 0.3) is 0 Å². The van der Waals surface area contributed by atoms with Gasteiger partial charge in [-0.15, -0.1) is 0 Å². The van der Waals surface area contributed by atoms with E-state index in [0.29, 0.717) is 0 Å². The van der Waals surface area contributed by atoms with Crippen molar-refractivity contribution >= 4 is 22.9 Å². The van der Waals surface area contributed by atoms with Gasteiger partial charge in [-0.2, -0.15) is 5.10 Å². The molecule has 1 fully saturated rings. The van der Waals surface area contributed by atoms with E-state index in [0.717, 1.165) is 59.9 Å². The number of imidazole rings is 1. The number of amides is 1. The molecule has 0 aliphatic carbocycles. The first-order valence-corrected chi connectivity index (χ1v) is 9.54. The molecule has 142 valence electrons. The summed E-state index contributed by atoms with van der Waals surface area (Å²) in [5.41, 5.74) is 4.86. The summed E-state index contributed by atoms with van der Waals surface area (Å²) >= 11 is 0. The Morgan fingerprint density at radius 2 is 2.15 bits per heavy atom. The lowest BCUT2D eigenvalue weighted by Gasteiger charge is -2.33. The van der Waals surface area contributed by atoms with E-state index in [1.54, 1.807) is 0 Å². The van der Waals surface area contributed by atoms with Crippen LogP contribution < -0.4 is 10.2 Å². The van der Waals surface area contributed by atoms with Gasteiger partial charge in [0.05, 0.1) is 22.6 Å². The maximum Gasteiger partial charge on any atom is 0.227 e. The molecule has 1 aliphatic rings. The van der Waals surface area contributed by atoms with Crippen LogP contribution in [0.3, 0.4) is 0 Å². The highest BCUT2D eigenvalue weighted by Gasteiger charge is 2.27. The number of fused-ring (bicyclic) bond motifs is 1. The van der Waals surface area contributed by atoms with Gasteiger partial charge in [0.2, 0.25) is 11.9 Å². The molecule has 2 aromatic heterocycles. The van der Waals surface area contributed by atoms with Crippen LogP contribution in [0.15, 0.2) is 24.3 Å². The van der Waals surface area contributed by atoms with Gasteiger partial charge in [-0.05, 0) is 45.7 Å². The van der Waals surface area contributed by atoms with Crippen LogP contribution in [-0.4, -0.2) is 45.2 Å². The summed E-state index contributed by atoms with van der Waals surface area (Å²) in [6.45, 7) is 7.55. The molecule has 0 bridgehead atoms. The van der Waals surface area contributed by atoms with Crippen molar-refractivity contribution < 1.29 is 4.79 Å². The number of hydrogen-bond donors (Lipinski definition) is 3. The van der Waals surface area contributed by atoms with E-state index in [9.17, 15) is 4.79 Å². The van der Waals surface area contributed by atoms with Crippen LogP contribution in [0.2, 0.25) is 0 Å². The number of aromatic amines is 2. The van der Waals surface area contributed by atoms with Gasteiger partial charge in [0, 0.05) is 30.4 Å². The summed E-state index contributed by atoms with van der Waals surface area (Å²) in [5.74, 6) is 0.717. The van der Waals surface area contributed by atoms with E-state index in [2.05, 4.69) is 25.4 Å². The number of anilines is 1. The predicted molar refractivity (Wildman–Crippen MR) is 106 cm³/mol. The standard InChI is InChI=1S/C20H26N6O/c1-12(18-13(2)24-25-14(18)3)19(27)21-15-7-6-10-26(11-15)20-22-16-8-4-5-9-17(16)23-20/h4-5,8-9,12,15H,6-7,10-11H2,1-3H3,(H,21,27)(H,22,23)(H,24,25). The number of para-hydroxylation sites is 2. The van der Waals surface area contributed by atoms with Gasteiger partial charge >= 0.3 is 0 Å². The first-order valence-electron chi connectivity index (χ1n) is 9.54. The van der Waals surface area contributed by atoms with Crippen LogP contribution in [0.5, 0.6) is 0 Å². The number of H-pyrrole nitrogens is 2. The lowest BCUT2D eigenvalue weighted by Crippen LogP contribution is -2.49. The number of nitrogens with zero attached hydrogens (tertiary/aromatic N) is 3. The monoisotopic (exact) mass is 366 g/mol. The Labute approximate surface area is 158 Å². The lowest BCUT2D eigenvalue weighted by molar-refractivity contribution is -0.123. The Morgan fingerprint density at radius 3 is 2.89 bits per heavy atom. The molecule has 7 heteroatoms. The molecule has 3 N–H and O–H groups in total. The summed E-state index contributed by atoms with van der Waals surface area (Å²) in [6.07, 6.45) is 2.01. The molecule has 2 unspecified atom stereocenters. The molecule has 1 saturated heterocycles. The smallest absolute Gasteiger partial charge is 0.227 e. The summed E-state index contributed by atoms with van der Waals surface area (Å²) in [7, 11) is 0. The maximum absolute atomic E-state index is 12.8. The second kappa shape index (κ2) is 7.06. The fraction of sp³-hybridized carbons (Fsp3) is 0.450. The molecule has 4 rings (SSSR count). The van der Waals surface area contributed by atoms with Gasteiger partial charge in [0.1, 0.15) is 0 Å². The quantitative estimate of drug-likeness (QED) is 0.662. The van der Waals surface area contributed by atoms with Crippen molar-refractivity contribution in [2.75, 3.05) is 18.0 Å². The highest BCUT2D eigenvalue weighted by molar-refractivity contribution is 5.84. The van der Waals surface area contributed by atoms with E-state index < -0.39 is 0 Å². The predicted octanol–water partition coefficient (Wildman–Crippen LogP) is 2.79. The van der Waals surface area contributed by atoms with Crippen LogP contribution in [0.1, 0.15) is 42.6 Å². The van der Waals surface area contributed by atoms with E-state index in [4.69, 9.17) is 4.98 Å². The number of benzene rings is 1. The minimum atomic E-state index is -0.217. The zero-order valence-electron chi connectivity index (χ0n) is 16.0. The van der Waals surface area contributed by atoms with Crippen molar-refractivity contribution in [3.63, 3.8) is 0 Å². The van der Waals surface area contributed by atoms with Gasteiger partial charge in [-0.1, -0.05) is 12.1 Å². The first-order chi connectivity index (χ1) is 13.0. The normalized spacial score (nSPS) is 18.6. The SMILES string of the molecule is Cc1n[nH]c(C)c1C(C)C(=O)NC1CCCN(c2nc3ccccc3[nH]2)C1. The van der Waals surface area contributed by atoms with Crippen molar-refractivity contribution in [3.05, 3.63) is 41.2 Å².